The molecule has 8 nitrogen and oxygen atoms in total. The fourth-order valence-electron chi connectivity index (χ4n) is 2.29. The third-order valence-electron chi connectivity index (χ3n) is 3.62. The molecule has 0 saturated carbocycles. The number of methoxy groups -OCH3 is 1. The van der Waals surface area contributed by atoms with Crippen molar-refractivity contribution in [2.45, 2.75) is 19.4 Å². The number of nitrogens with zero attached hydrogens (tertiary/aromatic N) is 4. The summed E-state index contributed by atoms with van der Waals surface area (Å²) in [5.74, 6) is 2.04. The summed E-state index contributed by atoms with van der Waals surface area (Å²) in [6.07, 6.45) is 4.97. The summed E-state index contributed by atoms with van der Waals surface area (Å²) in [4.78, 5) is 20.1. The first-order valence-electron chi connectivity index (χ1n) is 7.74. The van der Waals surface area contributed by atoms with Crippen molar-refractivity contribution in [3.8, 4) is 5.75 Å². The van der Waals surface area contributed by atoms with E-state index in [4.69, 9.17) is 9.26 Å². The summed E-state index contributed by atoms with van der Waals surface area (Å²) in [5, 5.41) is 3.90. The Hall–Kier alpha value is -3.16. The maximum atomic E-state index is 11.5. The fraction of sp³-hybridized carbons (Fsp3) is 0.294. The molecule has 0 N–H and O–H groups in total. The normalized spacial score (nSPS) is 10.6. The second kappa shape index (κ2) is 7.61. The monoisotopic (exact) mass is 342 g/mol. The van der Waals surface area contributed by atoms with Crippen LogP contribution in [0, 0.1) is 0 Å². The van der Waals surface area contributed by atoms with Crippen LogP contribution in [0.15, 0.2) is 41.2 Å². The van der Waals surface area contributed by atoms with Crippen LogP contribution in [0.3, 0.4) is 0 Å². The average Bonchev–Trinajstić information content (AvgIpc) is 3.26. The van der Waals surface area contributed by atoms with E-state index in [9.17, 15) is 4.79 Å². The van der Waals surface area contributed by atoms with Crippen LogP contribution < -0.4 is 4.74 Å². The van der Waals surface area contributed by atoms with Gasteiger partial charge in [-0.1, -0.05) is 11.2 Å². The number of ether oxygens (including phenoxy) is 2. The molecule has 0 radical (unpaired) electrons. The molecule has 0 spiro atoms. The molecule has 0 aliphatic heterocycles. The zero-order valence-corrected chi connectivity index (χ0v) is 14.0. The quantitative estimate of drug-likeness (QED) is 0.606. The number of benzene rings is 1. The highest BCUT2D eigenvalue weighted by molar-refractivity contribution is 5.89. The maximum absolute atomic E-state index is 11.5. The number of imidazole rings is 1. The molecule has 0 saturated heterocycles. The predicted octanol–water partition coefficient (Wildman–Crippen LogP) is 1.95. The molecule has 0 fully saturated rings. The molecule has 0 unspecified atom stereocenters. The van der Waals surface area contributed by atoms with Gasteiger partial charge in [-0.2, -0.15) is 4.98 Å². The minimum Gasteiger partial charge on any atom is -0.485 e. The van der Waals surface area contributed by atoms with E-state index in [1.807, 2.05) is 17.8 Å². The number of esters is 1. The summed E-state index contributed by atoms with van der Waals surface area (Å²) >= 11 is 0. The van der Waals surface area contributed by atoms with E-state index in [1.54, 1.807) is 30.5 Å². The topological polar surface area (TPSA) is 92.3 Å². The van der Waals surface area contributed by atoms with Gasteiger partial charge in [0.15, 0.2) is 6.61 Å². The predicted molar refractivity (Wildman–Crippen MR) is 87.0 cm³/mol. The van der Waals surface area contributed by atoms with Crippen LogP contribution in [0.1, 0.15) is 27.9 Å². The SMILES string of the molecule is COC(=O)c1cccc(OCc2noc(CCc3nccn3C)n2)c1. The van der Waals surface area contributed by atoms with Gasteiger partial charge in [0.1, 0.15) is 11.6 Å². The Kier molecular flexibility index (Phi) is 5.08. The van der Waals surface area contributed by atoms with E-state index < -0.39 is 5.97 Å². The highest BCUT2D eigenvalue weighted by Gasteiger charge is 2.10. The van der Waals surface area contributed by atoms with Gasteiger partial charge < -0.3 is 18.6 Å². The number of carbonyl (C=O) groups is 1. The van der Waals surface area contributed by atoms with Gasteiger partial charge in [-0.25, -0.2) is 9.78 Å². The maximum Gasteiger partial charge on any atom is 0.337 e. The Morgan fingerprint density at radius 2 is 2.20 bits per heavy atom. The minimum atomic E-state index is -0.415. The average molecular weight is 342 g/mol. The highest BCUT2D eigenvalue weighted by Crippen LogP contribution is 2.15. The minimum absolute atomic E-state index is 0.149. The van der Waals surface area contributed by atoms with E-state index in [-0.39, 0.29) is 6.61 Å². The van der Waals surface area contributed by atoms with Gasteiger partial charge in [0.05, 0.1) is 12.7 Å². The number of aromatic nitrogens is 4. The number of aryl methyl sites for hydroxylation is 3. The summed E-state index contributed by atoms with van der Waals surface area (Å²) in [6, 6.07) is 6.72. The largest absolute Gasteiger partial charge is 0.485 e. The van der Waals surface area contributed by atoms with Gasteiger partial charge in [-0.05, 0) is 18.2 Å². The number of hydrogen-bond donors (Lipinski definition) is 0. The van der Waals surface area contributed by atoms with Crippen LogP contribution in [-0.4, -0.2) is 32.8 Å². The third-order valence-corrected chi connectivity index (χ3v) is 3.62. The molecule has 130 valence electrons. The second-order valence-corrected chi connectivity index (χ2v) is 5.37. The number of rotatable bonds is 7. The summed E-state index contributed by atoms with van der Waals surface area (Å²) in [5.41, 5.74) is 0.420. The molecule has 8 heteroatoms. The first-order valence-corrected chi connectivity index (χ1v) is 7.74. The second-order valence-electron chi connectivity index (χ2n) is 5.37. The van der Waals surface area contributed by atoms with Gasteiger partial charge in [-0.15, -0.1) is 0 Å². The molecule has 2 heterocycles. The van der Waals surface area contributed by atoms with E-state index in [0.717, 1.165) is 5.82 Å². The molecular weight excluding hydrogens is 324 g/mol. The zero-order chi connectivity index (χ0) is 17.6. The molecule has 1 aromatic carbocycles. The molecule has 0 aliphatic carbocycles. The van der Waals surface area contributed by atoms with Crippen molar-refractivity contribution in [1.29, 1.82) is 0 Å². The lowest BCUT2D eigenvalue weighted by molar-refractivity contribution is 0.0600. The van der Waals surface area contributed by atoms with Crippen LogP contribution in [0.25, 0.3) is 0 Å². The Balaban J connectivity index is 1.55. The summed E-state index contributed by atoms with van der Waals surface area (Å²) in [6.45, 7) is 0.149. The third kappa shape index (κ3) is 4.23. The van der Waals surface area contributed by atoms with Crippen molar-refractivity contribution < 1.29 is 18.8 Å². The first-order chi connectivity index (χ1) is 12.2. The lowest BCUT2D eigenvalue weighted by Crippen LogP contribution is -2.03. The summed E-state index contributed by atoms with van der Waals surface area (Å²) in [7, 11) is 3.28. The summed E-state index contributed by atoms with van der Waals surface area (Å²) < 4.78 is 17.5. The smallest absolute Gasteiger partial charge is 0.337 e. The van der Waals surface area contributed by atoms with Gasteiger partial charge >= 0.3 is 5.97 Å². The van der Waals surface area contributed by atoms with Crippen LogP contribution >= 0.6 is 0 Å². The van der Waals surface area contributed by atoms with Crippen molar-refractivity contribution in [2.24, 2.45) is 7.05 Å². The van der Waals surface area contributed by atoms with Crippen molar-refractivity contribution in [1.82, 2.24) is 19.7 Å². The molecule has 0 atom stereocenters. The van der Waals surface area contributed by atoms with Crippen molar-refractivity contribution in [3.05, 3.63) is 59.8 Å². The fourth-order valence-corrected chi connectivity index (χ4v) is 2.29. The Morgan fingerprint density at radius 1 is 1.32 bits per heavy atom. The highest BCUT2D eigenvalue weighted by atomic mass is 16.5. The van der Waals surface area contributed by atoms with E-state index >= 15 is 0 Å². The molecule has 25 heavy (non-hydrogen) atoms. The first kappa shape index (κ1) is 16.7. The van der Waals surface area contributed by atoms with Crippen LogP contribution in [0.4, 0.5) is 0 Å². The molecule has 3 rings (SSSR count). The lowest BCUT2D eigenvalue weighted by atomic mass is 10.2. The zero-order valence-electron chi connectivity index (χ0n) is 14.0. The van der Waals surface area contributed by atoms with Crippen LogP contribution in [-0.2, 0) is 31.2 Å². The van der Waals surface area contributed by atoms with Gasteiger partial charge in [0, 0.05) is 32.3 Å². The molecule has 2 aromatic heterocycles. The van der Waals surface area contributed by atoms with Crippen LogP contribution in [0.2, 0.25) is 0 Å². The van der Waals surface area contributed by atoms with Crippen molar-refractivity contribution in [3.63, 3.8) is 0 Å². The Bertz CT molecular complexity index is 856. The Labute approximate surface area is 144 Å². The number of hydrogen-bond acceptors (Lipinski definition) is 7. The molecule has 0 bridgehead atoms. The van der Waals surface area contributed by atoms with Crippen LogP contribution in [0.5, 0.6) is 5.75 Å². The van der Waals surface area contributed by atoms with E-state index in [2.05, 4.69) is 19.9 Å². The Morgan fingerprint density at radius 3 is 2.96 bits per heavy atom. The van der Waals surface area contributed by atoms with Crippen molar-refractivity contribution in [2.75, 3.05) is 7.11 Å². The van der Waals surface area contributed by atoms with Gasteiger partial charge in [0.25, 0.3) is 0 Å². The van der Waals surface area contributed by atoms with E-state index in [0.29, 0.717) is 35.9 Å². The molecular formula is C17H18N4O4. The number of carbonyl (C=O) groups excluding carboxylic acids is 1. The standard InChI is InChI=1S/C17H18N4O4/c1-21-9-8-18-15(21)6-7-16-19-14(20-25-16)11-24-13-5-3-4-12(10-13)17(22)23-2/h3-5,8-10H,6-7,11H2,1-2H3. The van der Waals surface area contributed by atoms with Gasteiger partial charge in [0.2, 0.25) is 11.7 Å². The molecule has 3 aromatic rings. The lowest BCUT2D eigenvalue weighted by Gasteiger charge is -2.05. The van der Waals surface area contributed by atoms with Crippen molar-refractivity contribution >= 4 is 5.97 Å². The van der Waals surface area contributed by atoms with E-state index in [1.165, 1.54) is 7.11 Å². The molecule has 0 amide bonds. The molecule has 0 aliphatic rings. The van der Waals surface area contributed by atoms with Gasteiger partial charge in [-0.3, -0.25) is 0 Å².